The van der Waals surface area contributed by atoms with E-state index in [1.165, 1.54) is 17.4 Å². The summed E-state index contributed by atoms with van der Waals surface area (Å²) in [5, 5.41) is 16.4. The highest BCUT2D eigenvalue weighted by atomic mass is 32.1. The first kappa shape index (κ1) is 15.1. The first-order valence-corrected chi connectivity index (χ1v) is 7.26. The molecular weight excluding hydrogens is 308 g/mol. The molecule has 2 aromatic rings. The van der Waals surface area contributed by atoms with E-state index in [1.54, 1.807) is 36.6 Å². The van der Waals surface area contributed by atoms with Crippen LogP contribution in [0.5, 0.6) is 0 Å². The Labute approximate surface area is 130 Å². The highest BCUT2D eigenvalue weighted by Gasteiger charge is 2.12. The molecule has 0 aliphatic rings. The number of thiophene rings is 1. The summed E-state index contributed by atoms with van der Waals surface area (Å²) >= 11 is 6.38. The molecule has 1 amide bonds. The van der Waals surface area contributed by atoms with Gasteiger partial charge in [0.15, 0.2) is 5.11 Å². The van der Waals surface area contributed by atoms with Crippen LogP contribution < -0.4 is 10.6 Å². The Bertz CT molecular complexity index is 696. The van der Waals surface area contributed by atoms with Gasteiger partial charge in [-0.05, 0) is 48.3 Å². The van der Waals surface area contributed by atoms with E-state index < -0.39 is 5.97 Å². The monoisotopic (exact) mass is 320 g/mol. The van der Waals surface area contributed by atoms with Gasteiger partial charge in [-0.25, -0.2) is 4.79 Å². The molecule has 21 heavy (non-hydrogen) atoms. The first-order valence-electron chi connectivity index (χ1n) is 5.98. The van der Waals surface area contributed by atoms with E-state index in [9.17, 15) is 9.59 Å². The zero-order chi connectivity index (χ0) is 15.4. The third-order valence-electron chi connectivity index (χ3n) is 2.78. The lowest BCUT2D eigenvalue weighted by atomic mass is 10.1. The van der Waals surface area contributed by atoms with Gasteiger partial charge in [0.2, 0.25) is 0 Å². The molecular formula is C14H12N2O3S2. The van der Waals surface area contributed by atoms with Crippen molar-refractivity contribution in [2.24, 2.45) is 0 Å². The third-order valence-corrected chi connectivity index (χ3v) is 3.86. The topological polar surface area (TPSA) is 78.4 Å². The van der Waals surface area contributed by atoms with Crippen LogP contribution in [0, 0.1) is 6.92 Å². The summed E-state index contributed by atoms with van der Waals surface area (Å²) in [5.74, 6) is -1.31. The zero-order valence-electron chi connectivity index (χ0n) is 11.0. The Morgan fingerprint density at radius 3 is 2.62 bits per heavy atom. The van der Waals surface area contributed by atoms with Crippen molar-refractivity contribution in [2.45, 2.75) is 6.92 Å². The van der Waals surface area contributed by atoms with Gasteiger partial charge >= 0.3 is 5.97 Å². The van der Waals surface area contributed by atoms with E-state index in [0.717, 1.165) is 0 Å². The Hall–Kier alpha value is -2.25. The van der Waals surface area contributed by atoms with Gasteiger partial charge < -0.3 is 10.4 Å². The predicted molar refractivity (Wildman–Crippen MR) is 86.1 cm³/mol. The van der Waals surface area contributed by atoms with Crippen LogP contribution in [-0.2, 0) is 0 Å². The van der Waals surface area contributed by atoms with Crippen molar-refractivity contribution in [3.63, 3.8) is 0 Å². The molecule has 0 atom stereocenters. The highest BCUT2D eigenvalue weighted by Crippen LogP contribution is 2.19. The van der Waals surface area contributed by atoms with Crippen molar-refractivity contribution >= 4 is 46.2 Å². The average molecular weight is 320 g/mol. The Balaban J connectivity index is 2.08. The number of carbonyl (C=O) groups excluding carboxylic acids is 1. The van der Waals surface area contributed by atoms with Crippen molar-refractivity contribution in [1.29, 1.82) is 0 Å². The second kappa shape index (κ2) is 6.47. The summed E-state index contributed by atoms with van der Waals surface area (Å²) in [6.07, 6.45) is 0. The molecule has 0 radical (unpaired) electrons. The van der Waals surface area contributed by atoms with Gasteiger partial charge in [0.25, 0.3) is 5.91 Å². The Kier molecular flexibility index (Phi) is 4.66. The van der Waals surface area contributed by atoms with Gasteiger partial charge in [-0.3, -0.25) is 10.1 Å². The largest absolute Gasteiger partial charge is 0.478 e. The fourth-order valence-corrected chi connectivity index (χ4v) is 2.55. The molecule has 7 heteroatoms. The molecule has 0 spiro atoms. The number of hydrogen-bond acceptors (Lipinski definition) is 4. The van der Waals surface area contributed by atoms with Crippen molar-refractivity contribution < 1.29 is 14.7 Å². The van der Waals surface area contributed by atoms with E-state index in [2.05, 4.69) is 10.6 Å². The van der Waals surface area contributed by atoms with Gasteiger partial charge in [-0.2, -0.15) is 0 Å². The van der Waals surface area contributed by atoms with Gasteiger partial charge in [-0.1, -0.05) is 12.1 Å². The predicted octanol–water partition coefficient (Wildman–Crippen LogP) is 2.88. The molecule has 0 aliphatic heterocycles. The van der Waals surface area contributed by atoms with Crippen LogP contribution in [0.15, 0.2) is 35.7 Å². The van der Waals surface area contributed by atoms with Crippen LogP contribution in [-0.4, -0.2) is 22.1 Å². The molecule has 1 heterocycles. The van der Waals surface area contributed by atoms with E-state index >= 15 is 0 Å². The molecule has 0 saturated heterocycles. The van der Waals surface area contributed by atoms with Gasteiger partial charge in [0, 0.05) is 5.69 Å². The number of benzene rings is 1. The van der Waals surface area contributed by atoms with Gasteiger partial charge in [-0.15, -0.1) is 11.3 Å². The lowest BCUT2D eigenvalue weighted by Gasteiger charge is -2.12. The van der Waals surface area contributed by atoms with Gasteiger partial charge in [0.05, 0.1) is 10.4 Å². The second-order valence-corrected chi connectivity index (χ2v) is 5.52. The summed E-state index contributed by atoms with van der Waals surface area (Å²) in [5.41, 5.74) is 1.29. The van der Waals surface area contributed by atoms with Crippen LogP contribution in [0.25, 0.3) is 0 Å². The molecule has 0 saturated carbocycles. The molecule has 108 valence electrons. The minimum absolute atomic E-state index is 0.124. The number of nitrogens with one attached hydrogen (secondary N) is 2. The van der Waals surface area contributed by atoms with Crippen LogP contribution in [0.2, 0.25) is 0 Å². The Morgan fingerprint density at radius 2 is 2.00 bits per heavy atom. The molecule has 1 aromatic carbocycles. The maximum atomic E-state index is 11.8. The summed E-state index contributed by atoms with van der Waals surface area (Å²) < 4.78 is 0. The molecule has 0 bridgehead atoms. The first-order chi connectivity index (χ1) is 9.99. The molecule has 2 rings (SSSR count). The summed E-state index contributed by atoms with van der Waals surface area (Å²) in [7, 11) is 0. The molecule has 3 N–H and O–H groups in total. The maximum absolute atomic E-state index is 11.8. The molecule has 5 nitrogen and oxygen atoms in total. The van der Waals surface area contributed by atoms with Crippen LogP contribution >= 0.6 is 23.6 Å². The molecule has 0 aliphatic carbocycles. The number of carboxylic acid groups (broad SMARTS) is 1. The average Bonchev–Trinajstić information content (AvgIpc) is 2.94. The quantitative estimate of drug-likeness (QED) is 0.758. The second-order valence-electron chi connectivity index (χ2n) is 4.17. The number of hydrogen-bond donors (Lipinski definition) is 3. The number of carboxylic acids is 1. The number of amides is 1. The van der Waals surface area contributed by atoms with Crippen molar-refractivity contribution in [1.82, 2.24) is 5.32 Å². The molecule has 0 unspecified atom stereocenters. The fourth-order valence-electron chi connectivity index (χ4n) is 1.73. The van der Waals surface area contributed by atoms with E-state index in [-0.39, 0.29) is 16.6 Å². The summed E-state index contributed by atoms with van der Waals surface area (Å²) in [6.45, 7) is 1.68. The van der Waals surface area contributed by atoms with E-state index in [1.807, 2.05) is 0 Å². The fraction of sp³-hybridized carbons (Fsp3) is 0.0714. The SMILES string of the molecule is Cc1c(NC(=S)NC(=O)c2cccs2)cccc1C(=O)O. The lowest BCUT2D eigenvalue weighted by molar-refractivity contribution is 0.0696. The number of thiocarbonyl (C=S) groups is 1. The third kappa shape index (κ3) is 3.65. The normalized spacial score (nSPS) is 9.95. The minimum Gasteiger partial charge on any atom is -0.478 e. The number of carbonyl (C=O) groups is 2. The standard InChI is InChI=1S/C14H12N2O3S2/c1-8-9(13(18)19)4-2-5-10(8)15-14(20)16-12(17)11-6-3-7-21-11/h2-7H,1H3,(H,18,19)(H2,15,16,17,20). The number of aromatic carboxylic acids is 1. The van der Waals surface area contributed by atoms with E-state index in [0.29, 0.717) is 16.1 Å². The minimum atomic E-state index is -1.01. The van der Waals surface area contributed by atoms with Crippen molar-refractivity contribution in [3.8, 4) is 0 Å². The highest BCUT2D eigenvalue weighted by molar-refractivity contribution is 7.80. The van der Waals surface area contributed by atoms with Crippen molar-refractivity contribution in [2.75, 3.05) is 5.32 Å². The van der Waals surface area contributed by atoms with Crippen LogP contribution in [0.3, 0.4) is 0 Å². The number of rotatable bonds is 3. The lowest BCUT2D eigenvalue weighted by Crippen LogP contribution is -2.33. The Morgan fingerprint density at radius 1 is 1.24 bits per heavy atom. The molecule has 0 fully saturated rings. The summed E-state index contributed by atoms with van der Waals surface area (Å²) in [4.78, 5) is 23.5. The zero-order valence-corrected chi connectivity index (χ0v) is 12.7. The summed E-state index contributed by atoms with van der Waals surface area (Å²) in [6, 6.07) is 8.29. The van der Waals surface area contributed by atoms with Crippen LogP contribution in [0.4, 0.5) is 5.69 Å². The molecule has 1 aromatic heterocycles. The van der Waals surface area contributed by atoms with E-state index in [4.69, 9.17) is 17.3 Å². The van der Waals surface area contributed by atoms with Crippen LogP contribution in [0.1, 0.15) is 25.6 Å². The van der Waals surface area contributed by atoms with Crippen molar-refractivity contribution in [3.05, 3.63) is 51.7 Å². The number of anilines is 1. The van der Waals surface area contributed by atoms with Gasteiger partial charge in [0.1, 0.15) is 0 Å². The smallest absolute Gasteiger partial charge is 0.336 e. The maximum Gasteiger partial charge on any atom is 0.336 e.